The second-order valence-electron chi connectivity index (χ2n) is 15.8. The number of thioether (sulfide) groups is 1. The molecule has 0 aliphatic carbocycles. The second kappa shape index (κ2) is 12.4. The Bertz CT molecular complexity index is 2380. The van der Waals surface area contributed by atoms with Crippen LogP contribution in [0, 0.1) is 13.8 Å². The van der Waals surface area contributed by atoms with Crippen molar-refractivity contribution in [2.75, 3.05) is 53.5 Å². The van der Waals surface area contributed by atoms with E-state index in [1.54, 1.807) is 14.2 Å². The molecule has 4 bridgehead atoms. The molecule has 56 heavy (non-hydrogen) atoms. The molecule has 7 atom stereocenters. The van der Waals surface area contributed by atoms with Gasteiger partial charge < -0.3 is 43.6 Å². The standard InChI is InChI=1S/C41H44N4O10S/c1-18-11-21-13-40(49)15-44(4)30(27(21)32(47)33(18)51-6)31-37-29-28(36-35(53-17-54-36)19(2)34(29)55-20(3)46)26(45(31)40)14-52-39(48)41(16-56-37)38-23(9-10-42-41)24-12-22(50-5)7-8-25(24)43-38/h7-8,11-12,26,30-31,37,42-43,47,49H,9-10,13-17H2,1-6H3/t26-,30+,31+,37+,40?,41-/m0/s1. The molecule has 8 aliphatic rings. The Labute approximate surface area is 327 Å². The molecule has 12 rings (SSSR count). The van der Waals surface area contributed by atoms with Crippen LogP contribution < -0.4 is 29.0 Å². The van der Waals surface area contributed by atoms with Crippen molar-refractivity contribution in [3.05, 3.63) is 68.9 Å². The number of phenolic OH excluding ortho intramolecular Hbond substituents is 1. The van der Waals surface area contributed by atoms with Crippen LogP contribution >= 0.6 is 11.8 Å². The summed E-state index contributed by atoms with van der Waals surface area (Å²) in [6.07, 6.45) is 0.870. The molecule has 2 unspecified atom stereocenters. The largest absolute Gasteiger partial charge is 0.504 e. The highest BCUT2D eigenvalue weighted by atomic mass is 32.2. The van der Waals surface area contributed by atoms with Crippen LogP contribution in [0.25, 0.3) is 10.9 Å². The van der Waals surface area contributed by atoms with E-state index in [-0.39, 0.29) is 37.9 Å². The summed E-state index contributed by atoms with van der Waals surface area (Å²) in [4.78, 5) is 35.6. The van der Waals surface area contributed by atoms with Gasteiger partial charge in [0.15, 0.2) is 28.5 Å². The summed E-state index contributed by atoms with van der Waals surface area (Å²) in [5.74, 6) is 1.67. The van der Waals surface area contributed by atoms with E-state index >= 15 is 0 Å². The van der Waals surface area contributed by atoms with Gasteiger partial charge in [-0.25, -0.2) is 4.79 Å². The number of hydrogen-bond acceptors (Lipinski definition) is 14. The minimum absolute atomic E-state index is 0.0284. The molecule has 2 fully saturated rings. The second-order valence-corrected chi connectivity index (χ2v) is 17.0. The first-order valence-corrected chi connectivity index (χ1v) is 19.9. The van der Waals surface area contributed by atoms with E-state index in [1.807, 2.05) is 45.2 Å². The normalized spacial score (nSPS) is 29.9. The molecule has 3 aromatic carbocycles. The average Bonchev–Trinajstić information content (AvgIpc) is 3.76. The van der Waals surface area contributed by atoms with E-state index in [1.165, 1.54) is 18.7 Å². The van der Waals surface area contributed by atoms with Crippen molar-refractivity contribution in [1.82, 2.24) is 20.1 Å². The number of nitrogens with zero attached hydrogens (tertiary/aromatic N) is 2. The van der Waals surface area contributed by atoms with Crippen molar-refractivity contribution in [3.63, 3.8) is 0 Å². The summed E-state index contributed by atoms with van der Waals surface area (Å²) in [5, 5.41) is 29.3. The topological polar surface area (TPSA) is 164 Å². The first kappa shape index (κ1) is 35.7. The van der Waals surface area contributed by atoms with E-state index in [9.17, 15) is 19.8 Å². The molecule has 0 radical (unpaired) electrons. The number of aromatic nitrogens is 1. The summed E-state index contributed by atoms with van der Waals surface area (Å²) in [6.45, 7) is 5.65. The van der Waals surface area contributed by atoms with Crippen molar-refractivity contribution in [2.24, 2.45) is 0 Å². The van der Waals surface area contributed by atoms with Crippen LogP contribution in [0.3, 0.4) is 0 Å². The highest BCUT2D eigenvalue weighted by Gasteiger charge is 2.63. The van der Waals surface area contributed by atoms with Gasteiger partial charge in [0.2, 0.25) is 6.79 Å². The van der Waals surface area contributed by atoms with Gasteiger partial charge in [0.05, 0.1) is 37.2 Å². The quantitative estimate of drug-likeness (QED) is 0.173. The van der Waals surface area contributed by atoms with E-state index in [0.717, 1.165) is 39.0 Å². The van der Waals surface area contributed by atoms with Gasteiger partial charge in [0.1, 0.15) is 23.8 Å². The maximum Gasteiger partial charge on any atom is 0.333 e. The van der Waals surface area contributed by atoms with Gasteiger partial charge in [0.25, 0.3) is 0 Å². The fourth-order valence-corrected chi connectivity index (χ4v) is 12.4. The van der Waals surface area contributed by atoms with E-state index in [2.05, 4.69) is 20.1 Å². The smallest absolute Gasteiger partial charge is 0.333 e. The van der Waals surface area contributed by atoms with Crippen molar-refractivity contribution in [3.8, 4) is 34.5 Å². The van der Waals surface area contributed by atoms with Crippen LogP contribution in [0.4, 0.5) is 0 Å². The van der Waals surface area contributed by atoms with Gasteiger partial charge in [-0.1, -0.05) is 6.07 Å². The lowest BCUT2D eigenvalue weighted by molar-refractivity contribution is -0.215. The van der Waals surface area contributed by atoms with Crippen LogP contribution in [0.2, 0.25) is 0 Å². The molecule has 0 saturated carbocycles. The number of rotatable bonds is 3. The van der Waals surface area contributed by atoms with Gasteiger partial charge in [-0.05, 0) is 62.2 Å². The number of carbonyl (C=O) groups is 2. The molecule has 14 nitrogen and oxygen atoms in total. The number of methoxy groups -OCH3 is 2. The Morgan fingerprint density at radius 2 is 1.86 bits per heavy atom. The number of carbonyl (C=O) groups excluding carboxylic acids is 2. The van der Waals surface area contributed by atoms with Crippen molar-refractivity contribution in [1.29, 1.82) is 0 Å². The molecule has 0 amide bonds. The molecule has 8 aliphatic heterocycles. The first-order chi connectivity index (χ1) is 26.9. The predicted molar refractivity (Wildman–Crippen MR) is 205 cm³/mol. The van der Waals surface area contributed by atoms with Crippen molar-refractivity contribution in [2.45, 2.75) is 68.3 Å². The first-order valence-electron chi connectivity index (χ1n) is 18.9. The zero-order valence-corrected chi connectivity index (χ0v) is 32.8. The number of H-pyrrole nitrogens is 1. The fraction of sp³-hybridized carbons (Fsp3) is 0.463. The van der Waals surface area contributed by atoms with Crippen LogP contribution in [0.15, 0.2) is 24.3 Å². The Hall–Kier alpha value is -4.67. The number of likely N-dealkylation sites (N-methyl/N-ethyl adjacent to an activating group) is 1. The Kier molecular flexibility index (Phi) is 7.92. The molecule has 294 valence electrons. The van der Waals surface area contributed by atoms with E-state index in [4.69, 9.17) is 28.4 Å². The maximum absolute atomic E-state index is 14.9. The van der Waals surface area contributed by atoms with Gasteiger partial charge in [-0.15, -0.1) is 11.8 Å². The predicted octanol–water partition coefficient (Wildman–Crippen LogP) is 4.19. The zero-order valence-electron chi connectivity index (χ0n) is 32.0. The molecule has 1 spiro atoms. The summed E-state index contributed by atoms with van der Waals surface area (Å²) in [6, 6.07) is 6.05. The lowest BCUT2D eigenvalue weighted by Crippen LogP contribution is -2.70. The molecule has 9 heterocycles. The Balaban J connectivity index is 1.24. The third kappa shape index (κ3) is 4.71. The fourth-order valence-electron chi connectivity index (χ4n) is 10.7. The Morgan fingerprint density at radius 3 is 2.62 bits per heavy atom. The summed E-state index contributed by atoms with van der Waals surface area (Å²) >= 11 is 1.53. The van der Waals surface area contributed by atoms with Gasteiger partial charge >= 0.3 is 11.9 Å². The molecular formula is C41H44N4O10S. The zero-order chi connectivity index (χ0) is 39.0. The number of phenols is 1. The minimum Gasteiger partial charge on any atom is -0.504 e. The van der Waals surface area contributed by atoms with Crippen molar-refractivity contribution >= 4 is 34.6 Å². The Morgan fingerprint density at radius 1 is 1.05 bits per heavy atom. The minimum atomic E-state index is -1.50. The van der Waals surface area contributed by atoms with Crippen LogP contribution in [0.5, 0.6) is 34.5 Å². The number of benzene rings is 3. The van der Waals surface area contributed by atoms with Gasteiger partial charge in [0, 0.05) is 71.4 Å². The lowest BCUT2D eigenvalue weighted by atomic mass is 9.78. The SMILES string of the molecule is COc1ccc2[nH]c3c(c2c1)CCN[C@@]31CS[C@@H]2c3c(OC(C)=O)c(C)c4c(c3[C@H](COC1=O)N1[C@@H]2[C@H]2c3c(cc(C)c(OC)c3O)CC1(O)CN2C)OCO4. The highest BCUT2D eigenvalue weighted by molar-refractivity contribution is 7.99. The number of fused-ring (bicyclic) bond motifs is 8. The third-order valence-electron chi connectivity index (χ3n) is 12.8. The van der Waals surface area contributed by atoms with Gasteiger partial charge in [-0.3, -0.25) is 19.9 Å². The average molecular weight is 785 g/mol. The van der Waals surface area contributed by atoms with Gasteiger partial charge in [-0.2, -0.15) is 0 Å². The molecular weight excluding hydrogens is 741 g/mol. The molecule has 1 aromatic heterocycles. The number of aromatic hydroxyl groups is 1. The summed E-state index contributed by atoms with van der Waals surface area (Å²) in [5.41, 5.74) is 4.06. The number of hydrogen-bond donors (Lipinski definition) is 4. The monoisotopic (exact) mass is 784 g/mol. The number of ether oxygens (including phenoxy) is 6. The molecule has 4 aromatic rings. The number of esters is 2. The van der Waals surface area contributed by atoms with Crippen molar-refractivity contribution < 1.29 is 48.2 Å². The number of aliphatic hydroxyl groups is 1. The third-order valence-corrected chi connectivity index (χ3v) is 14.2. The number of aryl methyl sites for hydroxylation is 1. The van der Waals surface area contributed by atoms with Crippen LogP contribution in [0.1, 0.15) is 68.9 Å². The molecule has 2 saturated heterocycles. The maximum atomic E-state index is 14.9. The number of piperazine rings is 1. The highest BCUT2D eigenvalue weighted by Crippen LogP contribution is 2.65. The lowest BCUT2D eigenvalue weighted by Gasteiger charge is -2.60. The number of nitrogens with one attached hydrogen (secondary N) is 2. The summed E-state index contributed by atoms with van der Waals surface area (Å²) < 4.78 is 36.3. The number of aromatic amines is 1. The molecule has 4 N–H and O–H groups in total. The van der Waals surface area contributed by atoms with Crippen LogP contribution in [-0.2, 0) is 32.7 Å². The molecule has 15 heteroatoms. The van der Waals surface area contributed by atoms with E-state index < -0.39 is 46.6 Å². The van der Waals surface area contributed by atoms with E-state index in [0.29, 0.717) is 58.2 Å². The van der Waals surface area contributed by atoms with Crippen LogP contribution in [-0.4, -0.2) is 102 Å². The summed E-state index contributed by atoms with van der Waals surface area (Å²) in [7, 11) is 5.13.